The van der Waals surface area contributed by atoms with Crippen molar-refractivity contribution in [3.63, 3.8) is 0 Å². The molecule has 1 atom stereocenters. The monoisotopic (exact) mass is 203 g/mol. The highest BCUT2D eigenvalue weighted by atomic mass is 14.9. The molecular formula is C14H21N. The fourth-order valence-electron chi connectivity index (χ4n) is 2.29. The highest BCUT2D eigenvalue weighted by Gasteiger charge is 2.12. The zero-order chi connectivity index (χ0) is 10.5. The maximum absolute atomic E-state index is 3.60. The van der Waals surface area contributed by atoms with Crippen LogP contribution in [0.5, 0.6) is 0 Å². The molecule has 1 aliphatic rings. The summed E-state index contributed by atoms with van der Waals surface area (Å²) in [6.07, 6.45) is 6.43. The summed E-state index contributed by atoms with van der Waals surface area (Å²) in [5.74, 6) is 0. The number of piperidine rings is 1. The van der Waals surface area contributed by atoms with Gasteiger partial charge in [0.25, 0.3) is 0 Å². The Hall–Kier alpha value is -0.820. The van der Waals surface area contributed by atoms with E-state index < -0.39 is 0 Å². The molecule has 1 fully saturated rings. The van der Waals surface area contributed by atoms with Crippen LogP contribution in [-0.2, 0) is 12.8 Å². The Kier molecular flexibility index (Phi) is 3.79. The van der Waals surface area contributed by atoms with Gasteiger partial charge in [0.05, 0.1) is 0 Å². The third-order valence-corrected chi connectivity index (χ3v) is 3.33. The molecule has 15 heavy (non-hydrogen) atoms. The number of rotatable bonds is 3. The molecule has 1 heterocycles. The summed E-state index contributed by atoms with van der Waals surface area (Å²) in [7, 11) is 0. The lowest BCUT2D eigenvalue weighted by Gasteiger charge is -2.23. The lowest BCUT2D eigenvalue weighted by Crippen LogP contribution is -2.35. The van der Waals surface area contributed by atoms with Gasteiger partial charge in [-0.3, -0.25) is 0 Å². The van der Waals surface area contributed by atoms with E-state index >= 15 is 0 Å². The number of benzene rings is 1. The molecule has 82 valence electrons. The van der Waals surface area contributed by atoms with Crippen LogP contribution < -0.4 is 5.32 Å². The van der Waals surface area contributed by atoms with Crippen LogP contribution in [0.1, 0.15) is 37.3 Å². The summed E-state index contributed by atoms with van der Waals surface area (Å²) in [6.45, 7) is 3.41. The molecule has 0 spiro atoms. The maximum atomic E-state index is 3.60. The van der Waals surface area contributed by atoms with Gasteiger partial charge in [0, 0.05) is 6.04 Å². The number of nitrogens with one attached hydrogen (secondary N) is 1. The van der Waals surface area contributed by atoms with Crippen molar-refractivity contribution in [2.45, 2.75) is 45.1 Å². The van der Waals surface area contributed by atoms with Gasteiger partial charge in [-0.1, -0.05) is 37.6 Å². The molecule has 0 amide bonds. The summed E-state index contributed by atoms with van der Waals surface area (Å²) < 4.78 is 0. The Labute approximate surface area is 92.9 Å². The SMILES string of the molecule is CCc1ccc(CC2CCCCN2)cc1. The van der Waals surface area contributed by atoms with Crippen LogP contribution in [0.2, 0.25) is 0 Å². The Bertz CT molecular complexity index is 283. The summed E-state index contributed by atoms with van der Waals surface area (Å²) >= 11 is 0. The van der Waals surface area contributed by atoms with Crippen molar-refractivity contribution in [1.29, 1.82) is 0 Å². The van der Waals surface area contributed by atoms with Crippen LogP contribution >= 0.6 is 0 Å². The first-order valence-corrected chi connectivity index (χ1v) is 6.19. The first-order chi connectivity index (χ1) is 7.38. The van der Waals surface area contributed by atoms with Gasteiger partial charge in [-0.2, -0.15) is 0 Å². The Balaban J connectivity index is 1.91. The second kappa shape index (κ2) is 5.32. The van der Waals surface area contributed by atoms with E-state index in [0.29, 0.717) is 6.04 Å². The van der Waals surface area contributed by atoms with Gasteiger partial charge in [-0.05, 0) is 43.4 Å². The third-order valence-electron chi connectivity index (χ3n) is 3.33. The highest BCUT2D eigenvalue weighted by molar-refractivity contribution is 5.23. The van der Waals surface area contributed by atoms with E-state index in [9.17, 15) is 0 Å². The molecule has 1 aromatic carbocycles. The largest absolute Gasteiger partial charge is 0.314 e. The molecule has 1 aromatic rings. The topological polar surface area (TPSA) is 12.0 Å². The van der Waals surface area contributed by atoms with Gasteiger partial charge < -0.3 is 5.32 Å². The molecule has 0 aromatic heterocycles. The molecule has 1 N–H and O–H groups in total. The zero-order valence-electron chi connectivity index (χ0n) is 9.63. The Morgan fingerprint density at radius 1 is 1.13 bits per heavy atom. The summed E-state index contributed by atoms with van der Waals surface area (Å²) in [6, 6.07) is 9.81. The molecule has 0 aliphatic carbocycles. The van der Waals surface area contributed by atoms with Crippen LogP contribution in [0, 0.1) is 0 Å². The van der Waals surface area contributed by atoms with E-state index in [0.717, 1.165) is 6.42 Å². The number of aryl methyl sites for hydroxylation is 1. The Morgan fingerprint density at radius 2 is 1.87 bits per heavy atom. The predicted octanol–water partition coefficient (Wildman–Crippen LogP) is 2.93. The fraction of sp³-hybridized carbons (Fsp3) is 0.571. The van der Waals surface area contributed by atoms with Gasteiger partial charge in [0.1, 0.15) is 0 Å². The third kappa shape index (κ3) is 3.07. The molecule has 1 saturated heterocycles. The second-order valence-corrected chi connectivity index (χ2v) is 4.52. The van der Waals surface area contributed by atoms with Crippen molar-refractivity contribution in [3.05, 3.63) is 35.4 Å². The van der Waals surface area contributed by atoms with E-state index in [1.54, 1.807) is 0 Å². The van der Waals surface area contributed by atoms with Gasteiger partial charge in [0.15, 0.2) is 0 Å². The summed E-state index contributed by atoms with van der Waals surface area (Å²) in [5.41, 5.74) is 2.92. The first-order valence-electron chi connectivity index (χ1n) is 6.19. The molecule has 1 unspecified atom stereocenters. The van der Waals surface area contributed by atoms with Crippen LogP contribution in [0.4, 0.5) is 0 Å². The van der Waals surface area contributed by atoms with Gasteiger partial charge in [0.2, 0.25) is 0 Å². The zero-order valence-corrected chi connectivity index (χ0v) is 9.63. The van der Waals surface area contributed by atoms with Gasteiger partial charge >= 0.3 is 0 Å². The molecule has 2 rings (SSSR count). The highest BCUT2D eigenvalue weighted by Crippen LogP contribution is 2.13. The normalized spacial score (nSPS) is 21.5. The molecule has 0 bridgehead atoms. The summed E-state index contributed by atoms with van der Waals surface area (Å²) in [5, 5.41) is 3.60. The quantitative estimate of drug-likeness (QED) is 0.796. The maximum Gasteiger partial charge on any atom is 0.0107 e. The fourth-order valence-corrected chi connectivity index (χ4v) is 2.29. The van der Waals surface area contributed by atoms with Crippen molar-refractivity contribution in [3.8, 4) is 0 Å². The number of hydrogen-bond acceptors (Lipinski definition) is 1. The molecular weight excluding hydrogens is 182 g/mol. The summed E-state index contributed by atoms with van der Waals surface area (Å²) in [4.78, 5) is 0. The van der Waals surface area contributed by atoms with E-state index in [1.807, 2.05) is 0 Å². The van der Waals surface area contributed by atoms with E-state index in [4.69, 9.17) is 0 Å². The van der Waals surface area contributed by atoms with Crippen LogP contribution in [0.25, 0.3) is 0 Å². The van der Waals surface area contributed by atoms with Crippen molar-refractivity contribution in [2.75, 3.05) is 6.54 Å². The van der Waals surface area contributed by atoms with E-state index in [1.165, 1.54) is 43.4 Å². The minimum Gasteiger partial charge on any atom is -0.314 e. The lowest BCUT2D eigenvalue weighted by molar-refractivity contribution is 0.399. The van der Waals surface area contributed by atoms with Crippen LogP contribution in [0.15, 0.2) is 24.3 Å². The number of hydrogen-bond donors (Lipinski definition) is 1. The van der Waals surface area contributed by atoms with E-state index in [2.05, 4.69) is 36.5 Å². The van der Waals surface area contributed by atoms with Crippen molar-refractivity contribution < 1.29 is 0 Å². The molecule has 1 nitrogen and oxygen atoms in total. The van der Waals surface area contributed by atoms with Gasteiger partial charge in [-0.15, -0.1) is 0 Å². The van der Waals surface area contributed by atoms with Crippen molar-refractivity contribution >= 4 is 0 Å². The van der Waals surface area contributed by atoms with E-state index in [-0.39, 0.29) is 0 Å². The predicted molar refractivity (Wildman–Crippen MR) is 65.2 cm³/mol. The molecule has 0 saturated carbocycles. The van der Waals surface area contributed by atoms with Crippen LogP contribution in [-0.4, -0.2) is 12.6 Å². The molecule has 0 radical (unpaired) electrons. The smallest absolute Gasteiger partial charge is 0.0107 e. The average Bonchev–Trinajstić information content (AvgIpc) is 2.31. The Morgan fingerprint density at radius 3 is 2.47 bits per heavy atom. The van der Waals surface area contributed by atoms with Crippen molar-refractivity contribution in [1.82, 2.24) is 5.32 Å². The second-order valence-electron chi connectivity index (χ2n) is 4.52. The first kappa shape index (κ1) is 10.7. The molecule has 1 aliphatic heterocycles. The van der Waals surface area contributed by atoms with Crippen LogP contribution in [0.3, 0.4) is 0 Å². The van der Waals surface area contributed by atoms with Gasteiger partial charge in [-0.25, -0.2) is 0 Å². The lowest BCUT2D eigenvalue weighted by atomic mass is 9.97. The van der Waals surface area contributed by atoms with Crippen molar-refractivity contribution in [2.24, 2.45) is 0 Å². The minimum absolute atomic E-state index is 0.714. The molecule has 1 heteroatoms. The standard InChI is InChI=1S/C14H21N/c1-2-12-6-8-13(9-7-12)11-14-5-3-4-10-15-14/h6-9,14-15H,2-5,10-11H2,1H3. The average molecular weight is 203 g/mol. The minimum atomic E-state index is 0.714.